The first-order chi connectivity index (χ1) is 16.8. The molecule has 35 heavy (non-hydrogen) atoms. The molecule has 14 nitrogen and oxygen atoms in total. The van der Waals surface area contributed by atoms with Gasteiger partial charge in [-0.15, -0.1) is 0 Å². The summed E-state index contributed by atoms with van der Waals surface area (Å²) in [5.41, 5.74) is 18.6. The molecule has 190 valence electrons. The molecule has 2 N–H and O–H groups in total. The predicted octanol–water partition coefficient (Wildman–Crippen LogP) is 2.09. The van der Waals surface area contributed by atoms with Crippen molar-refractivity contribution in [2.24, 2.45) is 10.2 Å². The van der Waals surface area contributed by atoms with E-state index in [0.29, 0.717) is 0 Å². The summed E-state index contributed by atoms with van der Waals surface area (Å²) < 4.78 is 28.4. The number of carbonyl (C=O) groups is 1. The van der Waals surface area contributed by atoms with E-state index in [1.165, 1.54) is 0 Å². The largest absolute Gasteiger partial charge is 0.454 e. The molecule has 0 unspecified atom stereocenters. The number of nitrogens with zero attached hydrogens (tertiary/aromatic N) is 6. The van der Waals surface area contributed by atoms with Crippen molar-refractivity contribution >= 4 is 5.97 Å². The monoisotopic (exact) mass is 492 g/mol. The van der Waals surface area contributed by atoms with Crippen molar-refractivity contribution in [3.8, 4) is 0 Å². The zero-order valence-corrected chi connectivity index (χ0v) is 19.4. The molecule has 0 aliphatic carbocycles. The van der Waals surface area contributed by atoms with Crippen LogP contribution in [0.4, 0.5) is 0 Å². The number of carbonyl (C=O) groups excluding carboxylic acids is 1. The van der Waals surface area contributed by atoms with Crippen LogP contribution in [0.2, 0.25) is 0 Å². The van der Waals surface area contributed by atoms with Crippen LogP contribution in [-0.2, 0) is 35.1 Å². The molecule has 0 amide bonds. The van der Waals surface area contributed by atoms with Crippen LogP contribution in [0.25, 0.3) is 20.9 Å². The van der Waals surface area contributed by atoms with E-state index in [2.05, 4.69) is 20.1 Å². The maximum Gasteiger partial charge on any atom is 0.303 e. The molecule has 14 heteroatoms. The van der Waals surface area contributed by atoms with Gasteiger partial charge in [0.05, 0.1) is 37.0 Å². The number of rotatable bonds is 8. The van der Waals surface area contributed by atoms with Crippen LogP contribution < -0.4 is 0 Å². The van der Waals surface area contributed by atoms with Crippen molar-refractivity contribution in [3.05, 3.63) is 56.8 Å². The van der Waals surface area contributed by atoms with Gasteiger partial charge in [-0.05, 0) is 30.5 Å². The quantitative estimate of drug-likeness (QED) is 0.237. The van der Waals surface area contributed by atoms with Gasteiger partial charge < -0.3 is 33.9 Å². The number of ether oxygens (including phenoxy) is 5. The number of esters is 1. The maximum absolute atomic E-state index is 11.6. The van der Waals surface area contributed by atoms with E-state index in [9.17, 15) is 15.0 Å². The third-order valence-corrected chi connectivity index (χ3v) is 5.79. The second kappa shape index (κ2) is 12.2. The highest BCUT2D eigenvalue weighted by molar-refractivity contribution is 5.66. The van der Waals surface area contributed by atoms with Gasteiger partial charge in [0.15, 0.2) is 12.4 Å². The molecule has 0 saturated carbocycles. The lowest BCUT2D eigenvalue weighted by Gasteiger charge is -2.46. The maximum atomic E-state index is 11.6. The van der Waals surface area contributed by atoms with Crippen LogP contribution in [0.3, 0.4) is 0 Å². The van der Waals surface area contributed by atoms with Crippen molar-refractivity contribution < 1.29 is 38.7 Å². The molecular formula is C21H28N6O8. The van der Waals surface area contributed by atoms with Crippen LogP contribution in [0.15, 0.2) is 40.6 Å². The van der Waals surface area contributed by atoms with E-state index in [1.54, 1.807) is 13.8 Å². The Bertz CT molecular complexity index is 956. The highest BCUT2D eigenvalue weighted by Crippen LogP contribution is 2.32. The van der Waals surface area contributed by atoms with Gasteiger partial charge in [-0.25, -0.2) is 0 Å². The summed E-state index contributed by atoms with van der Waals surface area (Å²) >= 11 is 0. The number of hydrogen-bond donors (Lipinski definition) is 2. The van der Waals surface area contributed by atoms with E-state index in [0.717, 1.165) is 12.5 Å². The SMILES string of the molecule is CC(=O)O[C@@H]1[C@@H](O[C@H]2O[C@H](C)[C@@H](N=[N+]=[N-])[C@H](OCc3ccccc3)[C@@H]2O)O[C@H](C)[C@@H](N=[N+]=[N-])[C@@H]1O. The van der Waals surface area contributed by atoms with Crippen LogP contribution in [0.5, 0.6) is 0 Å². The first-order valence-corrected chi connectivity index (χ1v) is 11.0. The summed E-state index contributed by atoms with van der Waals surface area (Å²) in [4.78, 5) is 17.2. The Morgan fingerprint density at radius 3 is 2.20 bits per heavy atom. The Morgan fingerprint density at radius 1 is 0.971 bits per heavy atom. The Balaban J connectivity index is 1.80. The Kier molecular flexibility index (Phi) is 9.26. The van der Waals surface area contributed by atoms with Gasteiger partial charge in [-0.2, -0.15) is 0 Å². The van der Waals surface area contributed by atoms with Gasteiger partial charge in [0.2, 0.25) is 6.29 Å². The highest BCUT2D eigenvalue weighted by Gasteiger charge is 2.50. The Labute approximate surface area is 200 Å². The fraction of sp³-hybridized carbons (Fsp3) is 0.667. The lowest BCUT2D eigenvalue weighted by atomic mass is 9.96. The molecule has 0 spiro atoms. The molecule has 1 aromatic rings. The van der Waals surface area contributed by atoms with Gasteiger partial charge in [0.25, 0.3) is 0 Å². The summed E-state index contributed by atoms with van der Waals surface area (Å²) in [6, 6.07) is 7.30. The van der Waals surface area contributed by atoms with Gasteiger partial charge in [-0.3, -0.25) is 4.79 Å². The molecule has 2 fully saturated rings. The molecule has 3 rings (SSSR count). The second-order valence-electron chi connectivity index (χ2n) is 8.26. The first-order valence-electron chi connectivity index (χ1n) is 11.0. The summed E-state index contributed by atoms with van der Waals surface area (Å²) in [5.74, 6) is -0.730. The van der Waals surface area contributed by atoms with Crippen LogP contribution in [-0.4, -0.2) is 77.5 Å². The van der Waals surface area contributed by atoms with Crippen LogP contribution >= 0.6 is 0 Å². The van der Waals surface area contributed by atoms with E-state index in [4.69, 9.17) is 34.7 Å². The normalized spacial score (nSPS) is 36.9. The molecule has 2 saturated heterocycles. The van der Waals surface area contributed by atoms with Crippen LogP contribution in [0.1, 0.15) is 26.3 Å². The minimum Gasteiger partial charge on any atom is -0.454 e. The molecule has 2 heterocycles. The number of azide groups is 2. The fourth-order valence-electron chi connectivity index (χ4n) is 4.08. The molecule has 2 aliphatic heterocycles. The number of hydrogen-bond acceptors (Lipinski definition) is 10. The standard InChI is InChI=1S/C21H28N6O8/c1-10-14(24-26-22)16(29)19(34-12(3)28)21(33-10)35-20-17(30)18(15(25-27-23)11(2)32-20)31-9-13-7-5-4-6-8-13/h4-8,10-11,14-21,29-30H,9H2,1-3H3/t10-,11-,14-,15-,16+,17+,18+,19+,20-,21-/m1/s1. The topological polar surface area (TPSA) is 201 Å². The Hall–Kier alpha value is -2.93. The molecule has 1 aromatic carbocycles. The van der Waals surface area contributed by atoms with E-state index < -0.39 is 67.3 Å². The first kappa shape index (κ1) is 26.7. The minimum atomic E-state index is -1.44. The van der Waals surface area contributed by atoms with E-state index in [-0.39, 0.29) is 6.61 Å². The van der Waals surface area contributed by atoms with E-state index in [1.807, 2.05) is 30.3 Å². The number of benzene rings is 1. The van der Waals surface area contributed by atoms with Crippen molar-refractivity contribution in [2.75, 3.05) is 0 Å². The zero-order valence-electron chi connectivity index (χ0n) is 19.4. The third-order valence-electron chi connectivity index (χ3n) is 5.79. The Morgan fingerprint density at radius 2 is 1.57 bits per heavy atom. The second-order valence-corrected chi connectivity index (χ2v) is 8.26. The molecule has 0 radical (unpaired) electrons. The average molecular weight is 492 g/mol. The average Bonchev–Trinajstić information content (AvgIpc) is 2.82. The highest BCUT2D eigenvalue weighted by atomic mass is 16.8. The van der Waals surface area contributed by atoms with Gasteiger partial charge in [0.1, 0.15) is 12.2 Å². The van der Waals surface area contributed by atoms with Crippen molar-refractivity contribution in [3.63, 3.8) is 0 Å². The number of aliphatic hydroxyl groups is 2. The smallest absolute Gasteiger partial charge is 0.303 e. The molecule has 2 aliphatic rings. The minimum absolute atomic E-state index is 0.124. The lowest BCUT2D eigenvalue weighted by Crippen LogP contribution is -2.62. The lowest BCUT2D eigenvalue weighted by molar-refractivity contribution is -0.357. The molecule has 0 bridgehead atoms. The van der Waals surface area contributed by atoms with Gasteiger partial charge in [-0.1, -0.05) is 40.6 Å². The zero-order chi connectivity index (χ0) is 25.5. The molecular weight excluding hydrogens is 464 g/mol. The van der Waals surface area contributed by atoms with Crippen molar-refractivity contribution in [1.29, 1.82) is 0 Å². The van der Waals surface area contributed by atoms with Crippen molar-refractivity contribution in [1.82, 2.24) is 0 Å². The van der Waals surface area contributed by atoms with Gasteiger partial charge >= 0.3 is 5.97 Å². The summed E-state index contributed by atoms with van der Waals surface area (Å²) in [6.45, 7) is 4.43. The fourth-order valence-corrected chi connectivity index (χ4v) is 4.08. The van der Waals surface area contributed by atoms with Crippen molar-refractivity contribution in [2.45, 2.75) is 88.7 Å². The summed E-state index contributed by atoms with van der Waals surface area (Å²) in [6.07, 6.45) is -9.51. The molecule has 0 aromatic heterocycles. The van der Waals surface area contributed by atoms with Crippen LogP contribution in [0, 0.1) is 0 Å². The predicted molar refractivity (Wildman–Crippen MR) is 118 cm³/mol. The van der Waals surface area contributed by atoms with Gasteiger partial charge in [0, 0.05) is 16.7 Å². The molecule has 10 atom stereocenters. The van der Waals surface area contributed by atoms with E-state index >= 15 is 0 Å². The summed E-state index contributed by atoms with van der Waals surface area (Å²) in [7, 11) is 0. The third kappa shape index (κ3) is 6.40. The number of aliphatic hydroxyl groups excluding tert-OH is 2. The summed E-state index contributed by atoms with van der Waals surface area (Å²) in [5, 5.41) is 29.0.